The molecule has 2 amide bonds. The topological polar surface area (TPSA) is 54.0 Å². The molecular weight excluding hydrogens is 305 g/mol. The number of amides is 2. The van der Waals surface area contributed by atoms with Crippen LogP contribution in [-0.4, -0.2) is 17.6 Å². The number of anilines is 1. The van der Waals surface area contributed by atoms with Gasteiger partial charge in [0, 0.05) is 16.3 Å². The van der Waals surface area contributed by atoms with E-state index in [1.165, 1.54) is 0 Å². The van der Waals surface area contributed by atoms with Crippen LogP contribution in [0.4, 0.5) is 10.6 Å². The van der Waals surface area contributed by atoms with E-state index in [0.29, 0.717) is 12.4 Å². The molecule has 1 rings (SSSR count). The van der Waals surface area contributed by atoms with Crippen molar-refractivity contribution in [2.24, 2.45) is 0 Å². The summed E-state index contributed by atoms with van der Waals surface area (Å²) in [6.45, 7) is 2.78. The molecule has 1 aromatic rings. The molecule has 0 aliphatic carbocycles. The summed E-state index contributed by atoms with van der Waals surface area (Å²) in [6, 6.07) is 3.48. The largest absolute Gasteiger partial charge is 0.338 e. The van der Waals surface area contributed by atoms with E-state index in [-0.39, 0.29) is 6.03 Å². The van der Waals surface area contributed by atoms with Crippen LogP contribution >= 0.6 is 22.6 Å². The molecule has 15 heavy (non-hydrogen) atoms. The maximum Gasteiger partial charge on any atom is 0.320 e. The molecular formula is C10H14IN3O. The van der Waals surface area contributed by atoms with Crippen molar-refractivity contribution in [1.29, 1.82) is 0 Å². The highest BCUT2D eigenvalue weighted by Crippen LogP contribution is 2.06. The molecule has 5 heteroatoms. The number of nitrogens with zero attached hydrogens (tertiary/aromatic N) is 1. The lowest BCUT2D eigenvalue weighted by atomic mass is 10.3. The van der Waals surface area contributed by atoms with E-state index in [1.54, 1.807) is 12.3 Å². The van der Waals surface area contributed by atoms with Gasteiger partial charge >= 0.3 is 6.03 Å². The number of aromatic nitrogens is 1. The molecule has 0 aliphatic heterocycles. The lowest BCUT2D eigenvalue weighted by Crippen LogP contribution is -2.29. The van der Waals surface area contributed by atoms with Gasteiger partial charge in [0.05, 0.1) is 0 Å². The highest BCUT2D eigenvalue weighted by molar-refractivity contribution is 14.1. The first kappa shape index (κ1) is 12.2. The average Bonchev–Trinajstić information content (AvgIpc) is 2.22. The highest BCUT2D eigenvalue weighted by atomic mass is 127. The second-order valence-corrected chi connectivity index (χ2v) is 4.34. The Balaban J connectivity index is 2.34. The van der Waals surface area contributed by atoms with Gasteiger partial charge < -0.3 is 5.32 Å². The second kappa shape index (κ2) is 6.60. The minimum absolute atomic E-state index is 0.197. The van der Waals surface area contributed by atoms with Crippen molar-refractivity contribution in [2.75, 3.05) is 11.9 Å². The molecule has 0 spiro atoms. The third-order valence-corrected chi connectivity index (χ3v) is 2.42. The maximum atomic E-state index is 11.3. The van der Waals surface area contributed by atoms with Crippen LogP contribution in [0.25, 0.3) is 0 Å². The smallest absolute Gasteiger partial charge is 0.320 e. The zero-order chi connectivity index (χ0) is 11.1. The highest BCUT2D eigenvalue weighted by Gasteiger charge is 2.00. The Morgan fingerprint density at radius 1 is 1.53 bits per heavy atom. The number of hydrogen-bond donors (Lipinski definition) is 2. The lowest BCUT2D eigenvalue weighted by molar-refractivity contribution is 0.252. The van der Waals surface area contributed by atoms with Crippen molar-refractivity contribution in [3.8, 4) is 0 Å². The molecule has 0 aliphatic rings. The Morgan fingerprint density at radius 3 is 2.93 bits per heavy atom. The van der Waals surface area contributed by atoms with Gasteiger partial charge in [-0.3, -0.25) is 5.32 Å². The van der Waals surface area contributed by atoms with Gasteiger partial charge in [0.1, 0.15) is 5.82 Å². The quantitative estimate of drug-likeness (QED) is 0.662. The normalized spacial score (nSPS) is 9.73. The van der Waals surface area contributed by atoms with Gasteiger partial charge in [-0.25, -0.2) is 9.78 Å². The van der Waals surface area contributed by atoms with Crippen molar-refractivity contribution < 1.29 is 4.79 Å². The van der Waals surface area contributed by atoms with Crippen LogP contribution in [0, 0.1) is 3.57 Å². The monoisotopic (exact) mass is 319 g/mol. The van der Waals surface area contributed by atoms with E-state index in [2.05, 4.69) is 45.1 Å². The summed E-state index contributed by atoms with van der Waals surface area (Å²) in [5.74, 6) is 0.574. The molecule has 2 N–H and O–H groups in total. The summed E-state index contributed by atoms with van der Waals surface area (Å²) in [4.78, 5) is 15.4. The zero-order valence-electron chi connectivity index (χ0n) is 8.59. The van der Waals surface area contributed by atoms with E-state index in [1.807, 2.05) is 6.07 Å². The number of carbonyl (C=O) groups excluding carboxylic acids is 1. The third kappa shape index (κ3) is 4.96. The minimum atomic E-state index is -0.197. The van der Waals surface area contributed by atoms with Gasteiger partial charge in [-0.1, -0.05) is 13.3 Å². The molecule has 0 unspecified atom stereocenters. The number of urea groups is 1. The summed E-state index contributed by atoms with van der Waals surface area (Å²) in [5.41, 5.74) is 0. The number of unbranched alkanes of at least 4 members (excludes halogenated alkanes) is 1. The number of rotatable bonds is 4. The Bertz CT molecular complexity index is 313. The van der Waals surface area contributed by atoms with Crippen molar-refractivity contribution >= 4 is 34.4 Å². The molecule has 0 bridgehead atoms. The van der Waals surface area contributed by atoms with Gasteiger partial charge in [-0.05, 0) is 41.1 Å². The Kier molecular flexibility index (Phi) is 5.38. The van der Waals surface area contributed by atoms with Gasteiger partial charge in [-0.2, -0.15) is 0 Å². The molecule has 1 aromatic heterocycles. The summed E-state index contributed by atoms with van der Waals surface area (Å²) >= 11 is 2.17. The molecule has 0 fully saturated rings. The van der Waals surface area contributed by atoms with Crippen molar-refractivity contribution in [1.82, 2.24) is 10.3 Å². The maximum absolute atomic E-state index is 11.3. The fraction of sp³-hybridized carbons (Fsp3) is 0.400. The van der Waals surface area contributed by atoms with Crippen LogP contribution in [0.15, 0.2) is 18.3 Å². The number of halogens is 1. The summed E-state index contributed by atoms with van der Waals surface area (Å²) in [7, 11) is 0. The van der Waals surface area contributed by atoms with E-state index < -0.39 is 0 Å². The van der Waals surface area contributed by atoms with Gasteiger partial charge in [0.25, 0.3) is 0 Å². The Hall–Kier alpha value is -0.850. The number of nitrogens with one attached hydrogen (secondary N) is 2. The van der Waals surface area contributed by atoms with Crippen LogP contribution in [0.3, 0.4) is 0 Å². The van der Waals surface area contributed by atoms with E-state index >= 15 is 0 Å². The second-order valence-electron chi connectivity index (χ2n) is 3.10. The van der Waals surface area contributed by atoms with Crippen molar-refractivity contribution in [2.45, 2.75) is 19.8 Å². The van der Waals surface area contributed by atoms with E-state index in [9.17, 15) is 4.79 Å². The Labute approximate surface area is 103 Å². The van der Waals surface area contributed by atoms with Gasteiger partial charge in [0.15, 0.2) is 0 Å². The zero-order valence-corrected chi connectivity index (χ0v) is 10.7. The van der Waals surface area contributed by atoms with Crippen molar-refractivity contribution in [3.63, 3.8) is 0 Å². The molecule has 82 valence electrons. The first-order chi connectivity index (χ1) is 7.22. The van der Waals surface area contributed by atoms with E-state index in [0.717, 1.165) is 16.4 Å². The summed E-state index contributed by atoms with van der Waals surface area (Å²) in [6.07, 6.45) is 3.78. The third-order valence-electron chi connectivity index (χ3n) is 1.78. The van der Waals surface area contributed by atoms with Crippen LogP contribution in [-0.2, 0) is 0 Å². The average molecular weight is 319 g/mol. The number of hydrogen-bond acceptors (Lipinski definition) is 2. The van der Waals surface area contributed by atoms with Crippen LogP contribution in [0.2, 0.25) is 0 Å². The van der Waals surface area contributed by atoms with Crippen LogP contribution in [0.5, 0.6) is 0 Å². The van der Waals surface area contributed by atoms with E-state index in [4.69, 9.17) is 0 Å². The predicted octanol–water partition coefficient (Wildman–Crippen LogP) is 2.61. The minimum Gasteiger partial charge on any atom is -0.338 e. The Morgan fingerprint density at radius 2 is 2.33 bits per heavy atom. The fourth-order valence-electron chi connectivity index (χ4n) is 0.989. The SMILES string of the molecule is CCCCNC(=O)Nc1ccc(I)cn1. The van der Waals surface area contributed by atoms with Gasteiger partial charge in [-0.15, -0.1) is 0 Å². The number of carbonyl (C=O) groups is 1. The van der Waals surface area contributed by atoms with Crippen molar-refractivity contribution in [3.05, 3.63) is 21.9 Å². The van der Waals surface area contributed by atoms with Crippen LogP contribution in [0.1, 0.15) is 19.8 Å². The predicted molar refractivity (Wildman–Crippen MR) is 68.9 cm³/mol. The molecule has 0 saturated heterocycles. The molecule has 1 heterocycles. The first-order valence-corrected chi connectivity index (χ1v) is 5.96. The lowest BCUT2D eigenvalue weighted by Gasteiger charge is -2.05. The summed E-state index contributed by atoms with van der Waals surface area (Å²) in [5, 5.41) is 5.42. The summed E-state index contributed by atoms with van der Waals surface area (Å²) < 4.78 is 1.05. The molecule has 4 nitrogen and oxygen atoms in total. The van der Waals surface area contributed by atoms with Crippen LogP contribution < -0.4 is 10.6 Å². The standard InChI is InChI=1S/C10H14IN3O/c1-2-3-6-12-10(15)14-9-5-4-8(11)7-13-9/h4-5,7H,2-3,6H2,1H3,(H2,12,13,14,15). The fourth-order valence-corrected chi connectivity index (χ4v) is 1.31. The first-order valence-electron chi connectivity index (χ1n) is 4.88. The molecule has 0 radical (unpaired) electrons. The molecule has 0 aromatic carbocycles. The molecule has 0 saturated carbocycles. The molecule has 0 atom stereocenters. The van der Waals surface area contributed by atoms with Gasteiger partial charge in [0.2, 0.25) is 0 Å². The number of pyridine rings is 1.